The molecule has 15 heteroatoms. The number of carbonyl (C=O) groups is 4. The van der Waals surface area contributed by atoms with E-state index in [1.54, 1.807) is 26.8 Å². The number of halogens is 1. The summed E-state index contributed by atoms with van der Waals surface area (Å²) in [6, 6.07) is 19.3. The maximum absolute atomic E-state index is 12.3. The van der Waals surface area contributed by atoms with Gasteiger partial charge < -0.3 is 28.5 Å². The molecule has 0 radical (unpaired) electrons. The Morgan fingerprint density at radius 2 is 1.00 bits per heavy atom. The number of hydrogen-bond donors (Lipinski definition) is 2. The zero-order chi connectivity index (χ0) is 51.7. The molecule has 0 saturated carbocycles. The van der Waals surface area contributed by atoms with Gasteiger partial charge in [0.05, 0.1) is 34.6 Å². The van der Waals surface area contributed by atoms with Crippen LogP contribution >= 0.6 is 15.9 Å². The highest BCUT2D eigenvalue weighted by Gasteiger charge is 2.46. The number of aromatic nitrogens is 2. The molecule has 4 rings (SSSR count). The van der Waals surface area contributed by atoms with Gasteiger partial charge in [-0.2, -0.15) is 0 Å². The van der Waals surface area contributed by atoms with Gasteiger partial charge in [-0.1, -0.05) is 106 Å². The molecule has 4 aromatic rings. The zero-order valence-corrected chi connectivity index (χ0v) is 46.5. The van der Waals surface area contributed by atoms with Crippen LogP contribution in [0.25, 0.3) is 27.9 Å². The second-order valence-corrected chi connectivity index (χ2v) is 30.9. The molecule has 0 amide bonds. The van der Waals surface area contributed by atoms with Crippen molar-refractivity contribution in [3.63, 3.8) is 0 Å². The van der Waals surface area contributed by atoms with E-state index >= 15 is 0 Å². The Hall–Kier alpha value is -4.55. The summed E-state index contributed by atoms with van der Waals surface area (Å²) >= 11 is 3.41. The molecule has 4 unspecified atom stereocenters. The lowest BCUT2D eigenvalue weighted by Crippen LogP contribution is -2.49. The van der Waals surface area contributed by atoms with E-state index in [2.05, 4.69) is 100 Å². The third-order valence-corrected chi connectivity index (χ3v) is 22.7. The lowest BCUT2D eigenvalue weighted by molar-refractivity contribution is -0.150. The number of benzene rings is 2. The summed E-state index contributed by atoms with van der Waals surface area (Å²) < 4.78 is 23.8. The van der Waals surface area contributed by atoms with Gasteiger partial charge in [0.2, 0.25) is 0 Å². The number of fused-ring (bicyclic) bond motifs is 2. The average Bonchev–Trinajstić information content (AvgIpc) is 3.20. The molecule has 0 saturated heterocycles. The third-order valence-electron chi connectivity index (χ3n) is 13.1. The first-order valence-corrected chi connectivity index (χ1v) is 29.1. The van der Waals surface area contributed by atoms with Crippen molar-refractivity contribution in [2.75, 3.05) is 0 Å². The first kappa shape index (κ1) is 58.6. The van der Waals surface area contributed by atoms with Crippen LogP contribution in [0.5, 0.6) is 0 Å². The number of hydrogen-bond acceptors (Lipinski definition) is 10. The third kappa shape index (κ3) is 16.0. The zero-order valence-electron chi connectivity index (χ0n) is 43.0. The van der Waals surface area contributed by atoms with Crippen molar-refractivity contribution in [2.45, 2.75) is 158 Å². The van der Waals surface area contributed by atoms with Gasteiger partial charge in [-0.25, -0.2) is 9.97 Å². The predicted molar refractivity (Wildman–Crippen MR) is 278 cm³/mol. The molecule has 12 nitrogen and oxygen atoms in total. The molecular formula is C52H75BrN2O10Si2. The quantitative estimate of drug-likeness (QED) is 0.0657. The molecule has 0 spiro atoms. The first-order chi connectivity index (χ1) is 30.5. The highest BCUT2D eigenvalue weighted by molar-refractivity contribution is 9.10. The Morgan fingerprint density at radius 3 is 1.37 bits per heavy atom. The highest BCUT2D eigenvalue weighted by Crippen LogP contribution is 2.41. The number of nitrogens with zero attached hydrogens (tertiary/aromatic N) is 2. The smallest absolute Gasteiger partial charge is 0.315 e. The minimum absolute atomic E-state index is 0.0185. The number of rotatable bonds is 15. The minimum atomic E-state index is -2.14. The van der Waals surface area contributed by atoms with Crippen LogP contribution in [-0.4, -0.2) is 72.9 Å². The normalized spacial score (nSPS) is 15.9. The van der Waals surface area contributed by atoms with Crippen molar-refractivity contribution in [1.29, 1.82) is 0 Å². The van der Waals surface area contributed by atoms with Crippen molar-refractivity contribution >= 4 is 84.3 Å². The molecule has 67 heavy (non-hydrogen) atoms. The number of ether oxygens (including phenoxy) is 2. The SMILES string of the molecule is C=CC(C)(C(=O)O)C(C)O[Si](C)(C)C(C)(C)C.CC(=O)O[C@H](C)c1ccc2ccc(/C=C/C(C)(C(=O)O)C(C)O[Si](C)(C)C(C)(C)C)cc2n1.CC(=O)O[C@H](C)c1ccc2ccc(Br)cc2n1. The Balaban J connectivity index is 0.000000381. The summed E-state index contributed by atoms with van der Waals surface area (Å²) in [4.78, 5) is 54.8. The molecule has 2 N–H and O–H groups in total. The fourth-order valence-electron chi connectivity index (χ4n) is 5.99. The Morgan fingerprint density at radius 1 is 0.627 bits per heavy atom. The van der Waals surface area contributed by atoms with E-state index in [1.165, 1.54) is 19.9 Å². The van der Waals surface area contributed by atoms with Crippen molar-refractivity contribution in [1.82, 2.24) is 9.97 Å². The van der Waals surface area contributed by atoms with Crippen LogP contribution in [0.4, 0.5) is 0 Å². The van der Waals surface area contributed by atoms with E-state index in [0.29, 0.717) is 5.69 Å². The van der Waals surface area contributed by atoms with Gasteiger partial charge in [0.1, 0.15) is 23.0 Å². The van der Waals surface area contributed by atoms with Crippen LogP contribution in [0.2, 0.25) is 36.3 Å². The van der Waals surface area contributed by atoms with E-state index in [-0.39, 0.29) is 34.2 Å². The molecule has 368 valence electrons. The maximum atomic E-state index is 12.3. The van der Waals surface area contributed by atoms with Gasteiger partial charge in [0.15, 0.2) is 16.6 Å². The second-order valence-electron chi connectivity index (χ2n) is 20.5. The number of pyridine rings is 2. The molecule has 0 aliphatic heterocycles. The summed E-state index contributed by atoms with van der Waals surface area (Å²) in [6.07, 6.45) is 3.33. The van der Waals surface area contributed by atoms with Crippen LogP contribution in [0.3, 0.4) is 0 Å². The number of carboxylic acids is 2. The van der Waals surface area contributed by atoms with E-state index in [9.17, 15) is 29.4 Å². The number of carbonyl (C=O) groups excluding carboxylic acids is 2. The lowest BCUT2D eigenvalue weighted by Gasteiger charge is -2.42. The monoisotopic (exact) mass is 1020 g/mol. The van der Waals surface area contributed by atoms with Gasteiger partial charge >= 0.3 is 23.9 Å². The maximum Gasteiger partial charge on any atom is 0.315 e. The van der Waals surface area contributed by atoms with E-state index in [1.807, 2.05) is 87.5 Å². The van der Waals surface area contributed by atoms with Crippen LogP contribution in [-0.2, 0) is 37.5 Å². The predicted octanol–water partition coefficient (Wildman–Crippen LogP) is 13.7. The van der Waals surface area contributed by atoms with E-state index in [0.717, 1.165) is 37.5 Å². The van der Waals surface area contributed by atoms with Gasteiger partial charge in [-0.15, -0.1) is 6.58 Å². The molecule has 0 aliphatic rings. The fraction of sp³-hybridized carbons (Fsp3) is 0.500. The molecule has 0 aliphatic carbocycles. The molecule has 0 bridgehead atoms. The van der Waals surface area contributed by atoms with Crippen molar-refractivity contribution in [3.05, 3.63) is 101 Å². The Labute approximate surface area is 409 Å². The summed E-state index contributed by atoms with van der Waals surface area (Å²) in [6.45, 7) is 38.3. The average molecular weight is 1020 g/mol. The summed E-state index contributed by atoms with van der Waals surface area (Å²) in [7, 11) is -4.09. The van der Waals surface area contributed by atoms with Gasteiger partial charge in [-0.05, 0) is 114 Å². The largest absolute Gasteiger partial charge is 0.481 e. The van der Waals surface area contributed by atoms with Crippen LogP contribution in [0.15, 0.2) is 83.9 Å². The molecular weight excluding hydrogens is 949 g/mol. The van der Waals surface area contributed by atoms with E-state index in [4.69, 9.17) is 18.3 Å². The standard InChI is InChI=1S/C26H37NO5Si.C13H12BrNO2.C13H26O3Si/c1-17(31-19(3)28)22-13-12-21-11-10-20(16-23(21)27-22)14-15-26(7,24(29)30)18(2)32-33(8,9)25(4,5)6;1-8(17-9(2)16)12-6-4-10-3-5-11(14)7-13(10)15-12;1-9-13(6,11(14)15)10(2)16-17(7,8)12(3,4)5/h10-18H,1-9H3,(H,29,30);3-8H,1-2H3;9-10H,1H2,2-8H3,(H,14,15)/b15-14+;;/t17-,18?,26?;8-;/m11./s1. The van der Waals surface area contributed by atoms with Gasteiger partial charge in [0, 0.05) is 29.1 Å². The topological polar surface area (TPSA) is 171 Å². The number of aliphatic carboxylic acids is 2. The second kappa shape index (κ2) is 23.2. The van der Waals surface area contributed by atoms with E-state index < -0.39 is 51.6 Å². The van der Waals surface area contributed by atoms with Crippen molar-refractivity contribution in [2.24, 2.45) is 10.8 Å². The van der Waals surface area contributed by atoms with Crippen LogP contribution in [0.1, 0.15) is 126 Å². The van der Waals surface area contributed by atoms with Crippen LogP contribution < -0.4 is 0 Å². The summed E-state index contributed by atoms with van der Waals surface area (Å²) in [5.41, 5.74) is 1.65. The highest BCUT2D eigenvalue weighted by atomic mass is 79.9. The van der Waals surface area contributed by atoms with Crippen molar-refractivity contribution in [3.8, 4) is 0 Å². The molecule has 0 fully saturated rings. The minimum Gasteiger partial charge on any atom is -0.481 e. The molecule has 2 aromatic heterocycles. The van der Waals surface area contributed by atoms with Crippen LogP contribution in [0, 0.1) is 10.8 Å². The molecule has 2 heterocycles. The van der Waals surface area contributed by atoms with Gasteiger partial charge in [0.25, 0.3) is 0 Å². The number of carboxylic acid groups (broad SMARTS) is 2. The Kier molecular flexibility index (Phi) is 20.3. The summed E-state index contributed by atoms with van der Waals surface area (Å²) in [5.74, 6) is -2.48. The molecule has 6 atom stereocenters. The molecule has 2 aromatic carbocycles. The first-order valence-electron chi connectivity index (χ1n) is 22.5. The lowest BCUT2D eigenvalue weighted by atomic mass is 9.84. The summed E-state index contributed by atoms with van der Waals surface area (Å²) in [5, 5.41) is 21.4. The van der Waals surface area contributed by atoms with Gasteiger partial charge in [-0.3, -0.25) is 19.2 Å². The van der Waals surface area contributed by atoms with Crippen molar-refractivity contribution < 1.29 is 47.7 Å². The fourth-order valence-corrected chi connectivity index (χ4v) is 9.30. The number of esters is 2. The Bertz CT molecular complexity index is 2430.